The number of hydrogen-bond acceptors (Lipinski definition) is 4. The van der Waals surface area contributed by atoms with Crippen molar-refractivity contribution in [1.29, 1.82) is 0 Å². The lowest BCUT2D eigenvalue weighted by Gasteiger charge is -2.24. The summed E-state index contributed by atoms with van der Waals surface area (Å²) in [4.78, 5) is 43.4. The molecule has 1 aliphatic heterocycles. The number of hydroxylamine groups is 2. The van der Waals surface area contributed by atoms with Gasteiger partial charge in [0.15, 0.2) is 0 Å². The van der Waals surface area contributed by atoms with E-state index < -0.39 is 23.2 Å². The van der Waals surface area contributed by atoms with Gasteiger partial charge in [-0.25, -0.2) is 9.59 Å². The van der Waals surface area contributed by atoms with E-state index >= 15 is 0 Å². The summed E-state index contributed by atoms with van der Waals surface area (Å²) < 4.78 is 38.7. The lowest BCUT2D eigenvalue weighted by molar-refractivity contribution is -0.190. The molecule has 7 nitrogen and oxygen atoms in total. The van der Waals surface area contributed by atoms with Crippen LogP contribution in [0.4, 0.5) is 29.3 Å². The van der Waals surface area contributed by atoms with Crippen LogP contribution in [0.25, 0.3) is 11.1 Å². The van der Waals surface area contributed by atoms with E-state index in [0.717, 1.165) is 59.6 Å². The Morgan fingerprint density at radius 3 is 2.26 bits per heavy atom. The molecule has 3 aromatic rings. The highest BCUT2D eigenvalue weighted by molar-refractivity contribution is 6.01. The number of nitrogens with one attached hydrogen (secondary N) is 2. The average Bonchev–Trinajstić information content (AvgIpc) is 3.48. The molecular weight excluding hydrogens is 511 g/mol. The maximum absolute atomic E-state index is 13.0. The largest absolute Gasteiger partial charge is 0.416 e. The molecule has 0 radical (unpaired) electrons. The van der Waals surface area contributed by atoms with Crippen LogP contribution in [0.5, 0.6) is 0 Å². The number of anilines is 2. The first-order chi connectivity index (χ1) is 18.5. The van der Waals surface area contributed by atoms with Crippen LogP contribution in [-0.2, 0) is 22.4 Å². The standard InChI is InChI=1S/C29H26F3N3O4/c1-28(13-2-3-14-28)26(37)39-35-17-20-8-7-19(15-24(20)25(35)36)18-9-11-22(12-10-18)33-27(38)34-23-6-4-5-21(16-23)29(30,31)32/h4-12,15-16H,2-3,13-14,17H2,1H3,(H2,33,34,38). The van der Waals surface area contributed by atoms with Gasteiger partial charge in [0, 0.05) is 16.9 Å². The molecule has 0 spiro atoms. The summed E-state index contributed by atoms with van der Waals surface area (Å²) in [5, 5.41) is 6.10. The van der Waals surface area contributed by atoms with E-state index in [1.54, 1.807) is 30.3 Å². The molecule has 2 aliphatic rings. The fourth-order valence-corrected chi connectivity index (χ4v) is 4.91. The Hall–Kier alpha value is -4.34. The molecule has 2 N–H and O–H groups in total. The zero-order valence-electron chi connectivity index (χ0n) is 21.1. The monoisotopic (exact) mass is 537 g/mol. The molecule has 1 fully saturated rings. The van der Waals surface area contributed by atoms with Crippen LogP contribution < -0.4 is 10.6 Å². The number of carbonyl (C=O) groups is 3. The van der Waals surface area contributed by atoms with E-state index in [9.17, 15) is 27.6 Å². The van der Waals surface area contributed by atoms with Crippen LogP contribution in [-0.4, -0.2) is 23.0 Å². The topological polar surface area (TPSA) is 87.7 Å². The Morgan fingerprint density at radius 2 is 1.56 bits per heavy atom. The van der Waals surface area contributed by atoms with Crippen molar-refractivity contribution in [2.75, 3.05) is 10.6 Å². The van der Waals surface area contributed by atoms with Gasteiger partial charge in [-0.3, -0.25) is 4.79 Å². The van der Waals surface area contributed by atoms with Crippen molar-refractivity contribution in [2.24, 2.45) is 5.41 Å². The molecule has 1 aliphatic carbocycles. The van der Waals surface area contributed by atoms with Crippen LogP contribution in [0.1, 0.15) is 54.1 Å². The van der Waals surface area contributed by atoms with Gasteiger partial charge in [0.1, 0.15) is 0 Å². The summed E-state index contributed by atoms with van der Waals surface area (Å²) in [6.45, 7) is 2.07. The minimum atomic E-state index is -4.51. The van der Waals surface area contributed by atoms with Gasteiger partial charge in [-0.15, -0.1) is 0 Å². The van der Waals surface area contributed by atoms with Crippen molar-refractivity contribution in [3.63, 3.8) is 0 Å². The number of nitrogens with zero attached hydrogens (tertiary/aromatic N) is 1. The predicted octanol–water partition coefficient (Wildman–Crippen LogP) is 7.01. The molecule has 3 aromatic carbocycles. The summed E-state index contributed by atoms with van der Waals surface area (Å²) in [6.07, 6.45) is -1.07. The Bertz CT molecular complexity index is 1430. The Balaban J connectivity index is 1.22. The Kier molecular flexibility index (Phi) is 6.80. The van der Waals surface area contributed by atoms with E-state index in [2.05, 4.69) is 10.6 Å². The van der Waals surface area contributed by atoms with Gasteiger partial charge in [0.25, 0.3) is 5.91 Å². The quantitative estimate of drug-likeness (QED) is 0.367. The highest BCUT2D eigenvalue weighted by Crippen LogP contribution is 2.39. The molecule has 202 valence electrons. The number of rotatable bonds is 5. The van der Waals surface area contributed by atoms with Crippen LogP contribution in [0.15, 0.2) is 66.7 Å². The predicted molar refractivity (Wildman–Crippen MR) is 139 cm³/mol. The van der Waals surface area contributed by atoms with Gasteiger partial charge in [-0.2, -0.15) is 18.2 Å². The number of fused-ring (bicyclic) bond motifs is 1. The maximum Gasteiger partial charge on any atom is 0.416 e. The minimum absolute atomic E-state index is 0.0128. The number of hydrogen-bond donors (Lipinski definition) is 2. The van der Waals surface area contributed by atoms with Gasteiger partial charge < -0.3 is 15.5 Å². The van der Waals surface area contributed by atoms with Crippen molar-refractivity contribution < 1.29 is 32.4 Å². The zero-order chi connectivity index (χ0) is 27.8. The van der Waals surface area contributed by atoms with E-state index in [1.165, 1.54) is 12.1 Å². The van der Waals surface area contributed by atoms with E-state index in [0.29, 0.717) is 11.3 Å². The number of amides is 3. The van der Waals surface area contributed by atoms with E-state index in [1.807, 2.05) is 19.1 Å². The third-order valence-corrected chi connectivity index (χ3v) is 7.20. The molecule has 3 amide bonds. The van der Waals surface area contributed by atoms with Gasteiger partial charge in [0.2, 0.25) is 0 Å². The SMILES string of the molecule is CC1(C(=O)ON2Cc3ccc(-c4ccc(NC(=O)Nc5cccc(C(F)(F)F)c5)cc4)cc3C2=O)CCCC1. The van der Waals surface area contributed by atoms with Gasteiger partial charge in [-0.1, -0.05) is 43.2 Å². The first-order valence-electron chi connectivity index (χ1n) is 12.5. The summed E-state index contributed by atoms with van der Waals surface area (Å²) in [6, 6.07) is 15.9. The van der Waals surface area contributed by atoms with Crippen LogP contribution in [0.3, 0.4) is 0 Å². The van der Waals surface area contributed by atoms with Gasteiger partial charge >= 0.3 is 18.2 Å². The molecule has 39 heavy (non-hydrogen) atoms. The highest BCUT2D eigenvalue weighted by atomic mass is 19.4. The molecular formula is C29H26F3N3O4. The molecule has 10 heteroatoms. The second kappa shape index (κ2) is 10.1. The Morgan fingerprint density at radius 1 is 0.897 bits per heavy atom. The molecule has 5 rings (SSSR count). The minimum Gasteiger partial charge on any atom is -0.337 e. The second-order valence-electron chi connectivity index (χ2n) is 10.1. The number of carbonyl (C=O) groups excluding carboxylic acids is 3. The molecule has 0 saturated heterocycles. The van der Waals surface area contributed by atoms with E-state index in [4.69, 9.17) is 4.84 Å². The lowest BCUT2D eigenvalue weighted by Crippen LogP contribution is -2.35. The number of urea groups is 1. The number of alkyl halides is 3. The van der Waals surface area contributed by atoms with Crippen LogP contribution in [0.2, 0.25) is 0 Å². The highest BCUT2D eigenvalue weighted by Gasteiger charge is 2.41. The van der Waals surface area contributed by atoms with Crippen molar-refractivity contribution >= 4 is 29.3 Å². The van der Waals surface area contributed by atoms with Crippen molar-refractivity contribution in [3.8, 4) is 11.1 Å². The molecule has 0 atom stereocenters. The van der Waals surface area contributed by atoms with Gasteiger partial charge in [-0.05, 0) is 72.9 Å². The van der Waals surface area contributed by atoms with Crippen LogP contribution in [0, 0.1) is 5.41 Å². The summed E-state index contributed by atoms with van der Waals surface area (Å²) in [5.74, 6) is -0.743. The zero-order valence-corrected chi connectivity index (χ0v) is 21.1. The van der Waals surface area contributed by atoms with E-state index in [-0.39, 0.29) is 24.1 Å². The lowest BCUT2D eigenvalue weighted by atomic mass is 9.89. The van der Waals surface area contributed by atoms with Crippen molar-refractivity contribution in [2.45, 2.75) is 45.3 Å². The fourth-order valence-electron chi connectivity index (χ4n) is 4.91. The third-order valence-electron chi connectivity index (χ3n) is 7.20. The van der Waals surface area contributed by atoms with Crippen molar-refractivity contribution in [1.82, 2.24) is 5.06 Å². The maximum atomic E-state index is 13.0. The smallest absolute Gasteiger partial charge is 0.337 e. The van der Waals surface area contributed by atoms with Crippen molar-refractivity contribution in [3.05, 3.63) is 83.4 Å². The molecule has 0 bridgehead atoms. The van der Waals surface area contributed by atoms with Gasteiger partial charge in [0.05, 0.1) is 17.5 Å². The normalized spacial score (nSPS) is 16.1. The molecule has 0 aromatic heterocycles. The number of benzene rings is 3. The Labute approximate surface area is 222 Å². The summed E-state index contributed by atoms with van der Waals surface area (Å²) in [5.41, 5.74) is 1.79. The first kappa shape index (κ1) is 26.3. The average molecular weight is 538 g/mol. The second-order valence-corrected chi connectivity index (χ2v) is 10.1. The van der Waals surface area contributed by atoms with Crippen LogP contribution >= 0.6 is 0 Å². The fraction of sp³-hybridized carbons (Fsp3) is 0.276. The third kappa shape index (κ3) is 5.59. The molecule has 0 unspecified atom stereocenters. The summed E-state index contributed by atoms with van der Waals surface area (Å²) in [7, 11) is 0. The first-order valence-corrected chi connectivity index (χ1v) is 12.5. The molecule has 1 heterocycles. The number of halogens is 3. The summed E-state index contributed by atoms with van der Waals surface area (Å²) >= 11 is 0. The molecule has 1 saturated carbocycles.